The van der Waals surface area contributed by atoms with Crippen LogP contribution in [0.1, 0.15) is 26.2 Å². The number of para-hydroxylation sites is 1. The van der Waals surface area contributed by atoms with Gasteiger partial charge in [-0.2, -0.15) is 0 Å². The highest BCUT2D eigenvalue weighted by Gasteiger charge is 2.19. The molecule has 1 fully saturated rings. The maximum atomic E-state index is 11.8. The first-order valence-electron chi connectivity index (χ1n) is 7.28. The summed E-state index contributed by atoms with van der Waals surface area (Å²) in [7, 11) is -3.18. The number of sulfone groups is 1. The minimum Gasteiger partial charge on any atom is -0.381 e. The normalized spacial score (nSPS) is 21.4. The summed E-state index contributed by atoms with van der Waals surface area (Å²) in [5.74, 6) is 0. The molecular formula is C15H24N2O2S. The molecule has 1 N–H and O–H groups in total. The second-order valence-electron chi connectivity index (χ2n) is 5.47. The topological polar surface area (TPSA) is 49.4 Å². The maximum Gasteiger partial charge on any atom is 0.177 e. The Morgan fingerprint density at radius 1 is 1.25 bits per heavy atom. The summed E-state index contributed by atoms with van der Waals surface area (Å²) in [5, 5.41) is 3.43. The maximum absolute atomic E-state index is 11.8. The third-order valence-corrected chi connectivity index (χ3v) is 5.07. The molecule has 0 aliphatic carbocycles. The number of hydrogen-bond acceptors (Lipinski definition) is 4. The smallest absolute Gasteiger partial charge is 0.177 e. The molecule has 1 aliphatic rings. The van der Waals surface area contributed by atoms with Crippen LogP contribution in [0.3, 0.4) is 0 Å². The molecule has 4 nitrogen and oxygen atoms in total. The van der Waals surface area contributed by atoms with Crippen LogP contribution >= 0.6 is 0 Å². The van der Waals surface area contributed by atoms with E-state index in [2.05, 4.69) is 17.1 Å². The largest absolute Gasteiger partial charge is 0.381 e. The van der Waals surface area contributed by atoms with Gasteiger partial charge in [0.1, 0.15) is 0 Å². The van der Waals surface area contributed by atoms with E-state index >= 15 is 0 Å². The summed E-state index contributed by atoms with van der Waals surface area (Å²) in [5.41, 5.74) is 0.741. The van der Waals surface area contributed by atoms with Crippen LogP contribution < -0.4 is 5.32 Å². The van der Waals surface area contributed by atoms with E-state index in [1.807, 2.05) is 12.1 Å². The van der Waals surface area contributed by atoms with E-state index in [4.69, 9.17) is 0 Å². The lowest BCUT2D eigenvalue weighted by Gasteiger charge is -2.20. The fourth-order valence-corrected chi connectivity index (χ4v) is 3.60. The van der Waals surface area contributed by atoms with E-state index in [0.29, 0.717) is 10.9 Å². The van der Waals surface area contributed by atoms with Gasteiger partial charge in [0.2, 0.25) is 0 Å². The van der Waals surface area contributed by atoms with Gasteiger partial charge in [-0.3, -0.25) is 0 Å². The third-order valence-electron chi connectivity index (χ3n) is 3.91. The molecule has 20 heavy (non-hydrogen) atoms. The van der Waals surface area contributed by atoms with Gasteiger partial charge in [-0.25, -0.2) is 8.42 Å². The molecule has 1 aromatic rings. The van der Waals surface area contributed by atoms with Gasteiger partial charge in [0.15, 0.2) is 9.84 Å². The molecule has 1 aromatic carbocycles. The number of nitrogens with one attached hydrogen (secondary N) is 1. The minimum absolute atomic E-state index is 0.356. The number of anilines is 1. The van der Waals surface area contributed by atoms with Crippen LogP contribution in [0.2, 0.25) is 0 Å². The molecule has 0 amide bonds. The molecule has 112 valence electrons. The standard InChI is InChI=1S/C15H24N2O2S/c1-3-17-11-6-7-13(10-12-17)16-14-8-4-5-9-15(14)20(2,18)19/h4-5,8-9,13,16H,3,6-7,10-12H2,1-2H3. The summed E-state index contributed by atoms with van der Waals surface area (Å²) in [6, 6.07) is 7.54. The van der Waals surface area contributed by atoms with Crippen molar-refractivity contribution >= 4 is 15.5 Å². The molecular weight excluding hydrogens is 272 g/mol. The van der Waals surface area contributed by atoms with Crippen molar-refractivity contribution in [1.29, 1.82) is 0 Å². The van der Waals surface area contributed by atoms with Crippen molar-refractivity contribution in [2.24, 2.45) is 0 Å². The van der Waals surface area contributed by atoms with Crippen LogP contribution in [0.5, 0.6) is 0 Å². The zero-order valence-corrected chi connectivity index (χ0v) is 13.1. The van der Waals surface area contributed by atoms with E-state index in [9.17, 15) is 8.42 Å². The highest BCUT2D eigenvalue weighted by Crippen LogP contribution is 2.24. The summed E-state index contributed by atoms with van der Waals surface area (Å²) in [6.45, 7) is 5.50. The minimum atomic E-state index is -3.18. The molecule has 1 atom stereocenters. The van der Waals surface area contributed by atoms with Crippen molar-refractivity contribution in [3.8, 4) is 0 Å². The fraction of sp³-hybridized carbons (Fsp3) is 0.600. The predicted molar refractivity (Wildman–Crippen MR) is 82.9 cm³/mol. The van der Waals surface area contributed by atoms with Crippen molar-refractivity contribution in [1.82, 2.24) is 4.90 Å². The molecule has 1 heterocycles. The highest BCUT2D eigenvalue weighted by molar-refractivity contribution is 7.90. The van der Waals surface area contributed by atoms with Crippen LogP contribution in [0.15, 0.2) is 29.2 Å². The van der Waals surface area contributed by atoms with Crippen molar-refractivity contribution in [2.75, 3.05) is 31.2 Å². The summed E-state index contributed by atoms with van der Waals surface area (Å²) in [6.07, 6.45) is 4.58. The Kier molecular flexibility index (Phi) is 5.05. The number of benzene rings is 1. The SMILES string of the molecule is CCN1CCCC(Nc2ccccc2S(C)(=O)=O)CC1. The average Bonchev–Trinajstić information content (AvgIpc) is 2.63. The molecule has 0 bridgehead atoms. The van der Waals surface area contributed by atoms with Gasteiger partial charge < -0.3 is 10.2 Å². The van der Waals surface area contributed by atoms with Crippen molar-refractivity contribution in [3.63, 3.8) is 0 Å². The van der Waals surface area contributed by atoms with E-state index in [1.165, 1.54) is 6.26 Å². The van der Waals surface area contributed by atoms with Gasteiger partial charge >= 0.3 is 0 Å². The Hall–Kier alpha value is -1.07. The number of rotatable bonds is 4. The van der Waals surface area contributed by atoms with Crippen molar-refractivity contribution in [3.05, 3.63) is 24.3 Å². The third kappa shape index (κ3) is 3.96. The zero-order chi connectivity index (χ0) is 14.6. The Balaban J connectivity index is 2.11. The molecule has 1 unspecified atom stereocenters. The predicted octanol–water partition coefficient (Wildman–Crippen LogP) is 2.38. The second-order valence-corrected chi connectivity index (χ2v) is 7.46. The molecule has 1 aliphatic heterocycles. The highest BCUT2D eigenvalue weighted by atomic mass is 32.2. The Morgan fingerprint density at radius 2 is 2.00 bits per heavy atom. The van der Waals surface area contributed by atoms with Gasteiger partial charge in [0.05, 0.1) is 10.6 Å². The number of likely N-dealkylation sites (tertiary alicyclic amines) is 1. The second kappa shape index (κ2) is 6.59. The Labute approximate surface area is 122 Å². The Morgan fingerprint density at radius 3 is 2.70 bits per heavy atom. The van der Waals surface area contributed by atoms with Gasteiger partial charge in [0, 0.05) is 18.8 Å². The molecule has 0 aromatic heterocycles. The monoisotopic (exact) mass is 296 g/mol. The van der Waals surface area contributed by atoms with E-state index in [-0.39, 0.29) is 0 Å². The first-order valence-corrected chi connectivity index (χ1v) is 9.18. The fourth-order valence-electron chi connectivity index (χ4n) is 2.75. The van der Waals surface area contributed by atoms with Gasteiger partial charge in [-0.1, -0.05) is 19.1 Å². The molecule has 2 rings (SSSR count). The quantitative estimate of drug-likeness (QED) is 0.927. The average molecular weight is 296 g/mol. The zero-order valence-electron chi connectivity index (χ0n) is 12.3. The Bertz CT molecular complexity index is 543. The van der Waals surface area contributed by atoms with E-state index in [0.717, 1.165) is 44.6 Å². The summed E-state index contributed by atoms with van der Waals surface area (Å²) < 4.78 is 23.6. The van der Waals surface area contributed by atoms with Crippen LogP contribution in [0.25, 0.3) is 0 Å². The van der Waals surface area contributed by atoms with Crippen molar-refractivity contribution in [2.45, 2.75) is 37.1 Å². The summed E-state index contributed by atoms with van der Waals surface area (Å²) >= 11 is 0. The van der Waals surface area contributed by atoms with Gasteiger partial charge in [-0.15, -0.1) is 0 Å². The van der Waals surface area contributed by atoms with Gasteiger partial charge in [-0.05, 0) is 44.5 Å². The molecule has 5 heteroatoms. The number of hydrogen-bond donors (Lipinski definition) is 1. The molecule has 1 saturated heterocycles. The summed E-state index contributed by atoms with van der Waals surface area (Å²) in [4.78, 5) is 2.85. The van der Waals surface area contributed by atoms with Crippen LogP contribution in [0.4, 0.5) is 5.69 Å². The van der Waals surface area contributed by atoms with Crippen molar-refractivity contribution < 1.29 is 8.42 Å². The molecule has 0 radical (unpaired) electrons. The lowest BCUT2D eigenvalue weighted by Crippen LogP contribution is -2.26. The van der Waals surface area contributed by atoms with Gasteiger partial charge in [0.25, 0.3) is 0 Å². The lowest BCUT2D eigenvalue weighted by atomic mass is 10.1. The van der Waals surface area contributed by atoms with Crippen LogP contribution in [-0.4, -0.2) is 45.2 Å². The molecule has 0 saturated carbocycles. The lowest BCUT2D eigenvalue weighted by molar-refractivity contribution is 0.300. The number of nitrogens with zero attached hydrogens (tertiary/aromatic N) is 1. The first-order chi connectivity index (χ1) is 9.50. The first kappa shape index (κ1) is 15.3. The van der Waals surface area contributed by atoms with Crippen LogP contribution in [-0.2, 0) is 9.84 Å². The van der Waals surface area contributed by atoms with E-state index in [1.54, 1.807) is 12.1 Å². The van der Waals surface area contributed by atoms with Crippen LogP contribution in [0, 0.1) is 0 Å². The van der Waals surface area contributed by atoms with E-state index < -0.39 is 9.84 Å². The molecule has 0 spiro atoms.